The van der Waals surface area contributed by atoms with E-state index in [1.165, 1.54) is 19.1 Å². The SMILES string of the molecule is C/C(C#N)=C1/C(=O)C(=C(C#N)C#N)C1=C(C#N)C#N. The van der Waals surface area contributed by atoms with E-state index in [9.17, 15) is 4.79 Å². The largest absolute Gasteiger partial charge is 0.288 e. The molecule has 19 heavy (non-hydrogen) atoms. The molecule has 0 unspecified atom stereocenters. The lowest BCUT2D eigenvalue weighted by Crippen LogP contribution is -2.27. The lowest BCUT2D eigenvalue weighted by atomic mass is 9.72. The first kappa shape index (κ1) is 13.4. The molecule has 0 atom stereocenters. The van der Waals surface area contributed by atoms with Crippen LogP contribution in [-0.2, 0) is 4.79 Å². The van der Waals surface area contributed by atoms with Gasteiger partial charge in [0.1, 0.15) is 35.4 Å². The van der Waals surface area contributed by atoms with E-state index in [1.807, 2.05) is 0 Å². The Morgan fingerprint density at radius 2 is 1.16 bits per heavy atom. The highest BCUT2D eigenvalue weighted by Gasteiger charge is 2.41. The molecule has 1 aliphatic carbocycles. The maximum atomic E-state index is 11.8. The van der Waals surface area contributed by atoms with Crippen LogP contribution in [0.4, 0.5) is 0 Å². The van der Waals surface area contributed by atoms with Crippen molar-refractivity contribution in [2.45, 2.75) is 6.92 Å². The third-order valence-corrected chi connectivity index (χ3v) is 2.44. The molecule has 0 aromatic rings. The van der Waals surface area contributed by atoms with Crippen molar-refractivity contribution in [2.75, 3.05) is 0 Å². The minimum absolute atomic E-state index is 0.0296. The summed E-state index contributed by atoms with van der Waals surface area (Å²) >= 11 is 0. The first-order chi connectivity index (χ1) is 9.06. The summed E-state index contributed by atoms with van der Waals surface area (Å²) in [5.41, 5.74) is -1.29. The lowest BCUT2D eigenvalue weighted by Gasteiger charge is -2.24. The summed E-state index contributed by atoms with van der Waals surface area (Å²) in [7, 11) is 0. The highest BCUT2D eigenvalue weighted by Crippen LogP contribution is 2.41. The molecule has 0 bridgehead atoms. The van der Waals surface area contributed by atoms with Gasteiger partial charge in [-0.3, -0.25) is 4.79 Å². The molecule has 1 aliphatic rings. The number of ketones is 1. The van der Waals surface area contributed by atoms with Crippen LogP contribution in [0.25, 0.3) is 0 Å². The molecule has 0 saturated heterocycles. The van der Waals surface area contributed by atoms with Crippen molar-refractivity contribution < 1.29 is 4.79 Å². The van der Waals surface area contributed by atoms with Gasteiger partial charge < -0.3 is 0 Å². The Morgan fingerprint density at radius 1 is 0.737 bits per heavy atom. The average Bonchev–Trinajstić information content (AvgIpc) is 2.44. The van der Waals surface area contributed by atoms with Gasteiger partial charge in [-0.15, -0.1) is 0 Å². The monoisotopic (exact) mass is 245 g/mol. The van der Waals surface area contributed by atoms with Crippen molar-refractivity contribution in [3.63, 3.8) is 0 Å². The van der Waals surface area contributed by atoms with E-state index in [0.29, 0.717) is 0 Å². The third-order valence-electron chi connectivity index (χ3n) is 2.44. The van der Waals surface area contributed by atoms with Crippen LogP contribution < -0.4 is 0 Å². The van der Waals surface area contributed by atoms with E-state index in [2.05, 4.69) is 0 Å². The molecule has 0 aliphatic heterocycles. The fraction of sp³-hybridized carbons (Fsp3) is 0.0769. The van der Waals surface area contributed by atoms with Crippen LogP contribution in [0.5, 0.6) is 0 Å². The molecule has 0 aromatic heterocycles. The fourth-order valence-corrected chi connectivity index (χ4v) is 1.59. The predicted molar refractivity (Wildman–Crippen MR) is 59.8 cm³/mol. The standard InChI is InChI=1S/C13H3N5O/c1-7(2-14)10-11(8(3-15)4-16)12(13(10)19)9(5-17)6-18/h1H3/b10-7-. The van der Waals surface area contributed by atoms with E-state index in [4.69, 9.17) is 26.3 Å². The molecule has 0 amide bonds. The summed E-state index contributed by atoms with van der Waals surface area (Å²) < 4.78 is 0. The van der Waals surface area contributed by atoms with Crippen molar-refractivity contribution in [1.29, 1.82) is 26.3 Å². The first-order valence-electron chi connectivity index (χ1n) is 4.82. The van der Waals surface area contributed by atoms with E-state index >= 15 is 0 Å². The van der Waals surface area contributed by atoms with Crippen LogP contribution in [0.3, 0.4) is 0 Å². The summed E-state index contributed by atoms with van der Waals surface area (Å²) in [5, 5.41) is 43.9. The zero-order valence-corrected chi connectivity index (χ0v) is 9.64. The van der Waals surface area contributed by atoms with E-state index < -0.39 is 16.9 Å². The highest BCUT2D eigenvalue weighted by molar-refractivity contribution is 6.27. The summed E-state index contributed by atoms with van der Waals surface area (Å²) in [6.45, 7) is 1.36. The van der Waals surface area contributed by atoms with E-state index in [1.54, 1.807) is 18.2 Å². The normalized spacial score (nSPS) is 14.8. The molecule has 6 nitrogen and oxygen atoms in total. The lowest BCUT2D eigenvalue weighted by molar-refractivity contribution is -0.113. The van der Waals surface area contributed by atoms with Gasteiger partial charge in [0, 0.05) is 16.7 Å². The molecule has 0 heterocycles. The van der Waals surface area contributed by atoms with Gasteiger partial charge >= 0.3 is 0 Å². The quantitative estimate of drug-likeness (QED) is 0.462. The summed E-state index contributed by atoms with van der Waals surface area (Å²) in [6, 6.07) is 7.98. The van der Waals surface area contributed by atoms with Crippen molar-refractivity contribution in [2.24, 2.45) is 0 Å². The second-order valence-electron chi connectivity index (χ2n) is 3.39. The van der Waals surface area contributed by atoms with Crippen LogP contribution in [0.2, 0.25) is 0 Å². The molecular formula is C13H3N5O. The van der Waals surface area contributed by atoms with Crippen LogP contribution >= 0.6 is 0 Å². The molecule has 86 valence electrons. The van der Waals surface area contributed by atoms with Gasteiger partial charge in [0.15, 0.2) is 5.78 Å². The van der Waals surface area contributed by atoms with Crippen molar-refractivity contribution in [1.82, 2.24) is 0 Å². The summed E-state index contributed by atoms with van der Waals surface area (Å²) in [6.07, 6.45) is 0. The number of rotatable bonds is 0. The van der Waals surface area contributed by atoms with Crippen molar-refractivity contribution in [3.05, 3.63) is 33.4 Å². The number of carbonyl (C=O) groups is 1. The van der Waals surface area contributed by atoms with E-state index in [-0.39, 0.29) is 22.3 Å². The predicted octanol–water partition coefficient (Wildman–Crippen LogP) is 1.10. The van der Waals surface area contributed by atoms with Gasteiger partial charge in [0.25, 0.3) is 0 Å². The summed E-state index contributed by atoms with van der Waals surface area (Å²) in [5.74, 6) is -0.671. The minimum atomic E-state index is -0.671. The smallest absolute Gasteiger partial charge is 0.197 e. The number of carbonyl (C=O) groups excluding carboxylic acids is 1. The van der Waals surface area contributed by atoms with Crippen LogP contribution in [-0.4, -0.2) is 5.78 Å². The number of Topliss-reactive ketones (excluding diaryl/α,β-unsaturated/α-hetero) is 1. The Labute approximate surface area is 108 Å². The number of hydrogen-bond acceptors (Lipinski definition) is 6. The number of nitriles is 5. The Morgan fingerprint density at radius 3 is 1.53 bits per heavy atom. The maximum Gasteiger partial charge on any atom is 0.197 e. The average molecular weight is 245 g/mol. The number of allylic oxidation sites excluding steroid dienone is 6. The molecule has 0 radical (unpaired) electrons. The minimum Gasteiger partial charge on any atom is -0.288 e. The molecular weight excluding hydrogens is 242 g/mol. The maximum absolute atomic E-state index is 11.8. The Kier molecular flexibility index (Phi) is 3.61. The van der Waals surface area contributed by atoms with Crippen LogP contribution in [0, 0.1) is 56.7 Å². The van der Waals surface area contributed by atoms with Gasteiger partial charge in [0.2, 0.25) is 0 Å². The van der Waals surface area contributed by atoms with Crippen molar-refractivity contribution >= 4 is 5.78 Å². The Balaban J connectivity index is 3.83. The third kappa shape index (κ3) is 1.85. The van der Waals surface area contributed by atoms with Gasteiger partial charge in [-0.2, -0.15) is 26.3 Å². The zero-order valence-electron chi connectivity index (χ0n) is 9.64. The number of hydrogen-bond donors (Lipinski definition) is 0. The first-order valence-corrected chi connectivity index (χ1v) is 4.82. The number of nitrogens with zero attached hydrogens (tertiary/aromatic N) is 5. The molecule has 0 spiro atoms. The molecule has 6 heteroatoms. The molecule has 1 rings (SSSR count). The van der Waals surface area contributed by atoms with Crippen LogP contribution in [0.15, 0.2) is 33.4 Å². The van der Waals surface area contributed by atoms with E-state index in [0.717, 1.165) is 0 Å². The highest BCUT2D eigenvalue weighted by atomic mass is 16.1. The second kappa shape index (κ2) is 5.11. The molecule has 1 saturated carbocycles. The van der Waals surface area contributed by atoms with Crippen molar-refractivity contribution in [3.8, 4) is 30.3 Å². The van der Waals surface area contributed by atoms with Gasteiger partial charge in [0.05, 0.1) is 11.6 Å². The van der Waals surface area contributed by atoms with Gasteiger partial charge in [-0.1, -0.05) is 0 Å². The fourth-order valence-electron chi connectivity index (χ4n) is 1.59. The molecule has 0 N–H and O–H groups in total. The summed E-state index contributed by atoms with van der Waals surface area (Å²) in [4.78, 5) is 11.8. The van der Waals surface area contributed by atoms with Gasteiger partial charge in [-0.25, -0.2) is 0 Å². The Bertz CT molecular complexity index is 756. The van der Waals surface area contributed by atoms with Crippen LogP contribution in [0.1, 0.15) is 6.92 Å². The second-order valence-corrected chi connectivity index (χ2v) is 3.39. The van der Waals surface area contributed by atoms with Gasteiger partial charge in [-0.05, 0) is 6.92 Å². The topological polar surface area (TPSA) is 136 Å². The molecule has 0 aromatic carbocycles. The Hall–Kier alpha value is -3.66. The molecule has 1 fully saturated rings. The zero-order chi connectivity index (χ0) is 14.6.